The van der Waals surface area contributed by atoms with E-state index in [1.807, 2.05) is 0 Å². The molecule has 14 heavy (non-hydrogen) atoms. The molecule has 3 N–H and O–H groups in total. The fraction of sp³-hybridized carbons (Fsp3) is 0.909. The molecule has 0 saturated heterocycles. The van der Waals surface area contributed by atoms with Crippen molar-refractivity contribution in [2.45, 2.75) is 47.0 Å². The highest BCUT2D eigenvalue weighted by atomic mass is 16.4. The molecule has 0 radical (unpaired) electrons. The van der Waals surface area contributed by atoms with Gasteiger partial charge in [0.05, 0.1) is 0 Å². The largest absolute Gasteiger partial charge is 0.409 e. The van der Waals surface area contributed by atoms with Gasteiger partial charge in [-0.2, -0.15) is 0 Å². The Morgan fingerprint density at radius 2 is 2.00 bits per heavy atom. The van der Waals surface area contributed by atoms with Crippen LogP contribution in [-0.4, -0.2) is 11.0 Å². The third kappa shape index (κ3) is 1.72. The van der Waals surface area contributed by atoms with Crippen molar-refractivity contribution in [2.24, 2.45) is 27.6 Å². The number of oxime groups is 1. The first kappa shape index (κ1) is 11.3. The van der Waals surface area contributed by atoms with Crippen LogP contribution in [0.25, 0.3) is 0 Å². The first-order valence-corrected chi connectivity index (χ1v) is 5.27. The van der Waals surface area contributed by atoms with Gasteiger partial charge < -0.3 is 10.9 Å². The molecule has 3 nitrogen and oxygen atoms in total. The summed E-state index contributed by atoms with van der Waals surface area (Å²) in [6.45, 7) is 9.18. The Morgan fingerprint density at radius 3 is 2.36 bits per heavy atom. The van der Waals surface area contributed by atoms with Gasteiger partial charge in [0.25, 0.3) is 0 Å². The van der Waals surface area contributed by atoms with Crippen molar-refractivity contribution >= 4 is 5.84 Å². The number of amidine groups is 1. The number of nitrogens with two attached hydrogens (primary N) is 1. The molecule has 0 aliphatic heterocycles. The summed E-state index contributed by atoms with van der Waals surface area (Å²) >= 11 is 0. The number of nitrogens with zero attached hydrogens (tertiary/aromatic N) is 1. The summed E-state index contributed by atoms with van der Waals surface area (Å²) in [5.74, 6) is 0.897. The van der Waals surface area contributed by atoms with Crippen molar-refractivity contribution in [3.05, 3.63) is 0 Å². The summed E-state index contributed by atoms with van der Waals surface area (Å²) in [5, 5.41) is 11.6. The maximum Gasteiger partial charge on any atom is 0.139 e. The molecule has 0 aromatic heterocycles. The molecular formula is C11H22N2O. The molecule has 1 fully saturated rings. The van der Waals surface area contributed by atoms with Crippen LogP contribution >= 0.6 is 0 Å². The predicted octanol–water partition coefficient (Wildman–Crippen LogP) is 2.59. The Balaban J connectivity index is 2.75. The summed E-state index contributed by atoms with van der Waals surface area (Å²) < 4.78 is 0. The monoisotopic (exact) mass is 198 g/mol. The fourth-order valence-electron chi connectivity index (χ4n) is 2.42. The van der Waals surface area contributed by atoms with Gasteiger partial charge in [-0.05, 0) is 29.6 Å². The third-order valence-electron chi connectivity index (χ3n) is 4.47. The molecule has 1 saturated carbocycles. The molecule has 1 rings (SSSR count). The van der Waals surface area contributed by atoms with E-state index in [1.165, 1.54) is 12.8 Å². The Hall–Kier alpha value is -0.730. The van der Waals surface area contributed by atoms with Crippen LogP contribution in [0.15, 0.2) is 5.16 Å². The molecule has 0 aromatic rings. The van der Waals surface area contributed by atoms with Crippen molar-refractivity contribution in [1.82, 2.24) is 0 Å². The molecule has 0 amide bonds. The Morgan fingerprint density at radius 1 is 1.43 bits per heavy atom. The maximum absolute atomic E-state index is 8.56. The van der Waals surface area contributed by atoms with Gasteiger partial charge in [-0.25, -0.2) is 0 Å². The minimum absolute atomic E-state index is 0.266. The lowest BCUT2D eigenvalue weighted by Crippen LogP contribution is -2.33. The Labute approximate surface area is 86.4 Å². The molecule has 0 heterocycles. The lowest BCUT2D eigenvalue weighted by molar-refractivity contribution is 0.110. The molecule has 3 heteroatoms. The fourth-order valence-corrected chi connectivity index (χ4v) is 2.42. The number of rotatable bonds is 2. The molecular weight excluding hydrogens is 176 g/mol. The zero-order chi connectivity index (χ0) is 11.0. The van der Waals surface area contributed by atoms with Crippen molar-refractivity contribution in [2.75, 3.05) is 0 Å². The average molecular weight is 198 g/mol. The smallest absolute Gasteiger partial charge is 0.139 e. The highest BCUT2D eigenvalue weighted by Crippen LogP contribution is 2.56. The standard InChI is InChI=1S/C11H22N2O/c1-10(2)6-5-8(11(10,3)4)7-9(12)13-14/h8,14H,5-7H2,1-4H3,(H2,12,13)/t8-/m1/s1. The zero-order valence-electron chi connectivity index (χ0n) is 9.67. The number of hydrogen-bond acceptors (Lipinski definition) is 2. The number of hydrogen-bond donors (Lipinski definition) is 2. The van der Waals surface area contributed by atoms with Crippen LogP contribution in [0.1, 0.15) is 47.0 Å². The Kier molecular flexibility index (Phi) is 2.79. The van der Waals surface area contributed by atoms with Gasteiger partial charge in [-0.1, -0.05) is 32.9 Å². The van der Waals surface area contributed by atoms with Gasteiger partial charge in [0.1, 0.15) is 5.84 Å². The predicted molar refractivity (Wildman–Crippen MR) is 58.3 cm³/mol. The van der Waals surface area contributed by atoms with Gasteiger partial charge in [0, 0.05) is 6.42 Å². The van der Waals surface area contributed by atoms with E-state index in [-0.39, 0.29) is 5.41 Å². The van der Waals surface area contributed by atoms with E-state index in [9.17, 15) is 0 Å². The minimum atomic E-state index is 0.266. The second kappa shape index (κ2) is 3.44. The normalized spacial score (nSPS) is 30.6. The molecule has 1 atom stereocenters. The van der Waals surface area contributed by atoms with E-state index >= 15 is 0 Å². The van der Waals surface area contributed by atoms with E-state index in [2.05, 4.69) is 32.9 Å². The minimum Gasteiger partial charge on any atom is -0.409 e. The third-order valence-corrected chi connectivity index (χ3v) is 4.47. The first-order chi connectivity index (χ1) is 6.31. The second-order valence-corrected chi connectivity index (χ2v) is 5.64. The molecule has 82 valence electrons. The van der Waals surface area contributed by atoms with Crippen LogP contribution in [0.5, 0.6) is 0 Å². The van der Waals surface area contributed by atoms with Crippen LogP contribution < -0.4 is 5.73 Å². The van der Waals surface area contributed by atoms with Gasteiger partial charge in [0.2, 0.25) is 0 Å². The SMILES string of the molecule is CC1(C)CC[C@H](C/C(N)=N/O)C1(C)C. The molecule has 0 aromatic carbocycles. The van der Waals surface area contributed by atoms with E-state index < -0.39 is 0 Å². The summed E-state index contributed by atoms with van der Waals surface area (Å²) in [6.07, 6.45) is 3.12. The lowest BCUT2D eigenvalue weighted by Gasteiger charge is -2.39. The topological polar surface area (TPSA) is 58.6 Å². The van der Waals surface area contributed by atoms with Crippen LogP contribution in [0, 0.1) is 16.7 Å². The van der Waals surface area contributed by atoms with Crippen LogP contribution in [0.4, 0.5) is 0 Å². The summed E-state index contributed by atoms with van der Waals surface area (Å²) in [5.41, 5.74) is 6.18. The van der Waals surface area contributed by atoms with E-state index in [4.69, 9.17) is 10.9 Å². The van der Waals surface area contributed by atoms with Crippen molar-refractivity contribution in [3.63, 3.8) is 0 Å². The van der Waals surface area contributed by atoms with E-state index in [0.29, 0.717) is 23.6 Å². The van der Waals surface area contributed by atoms with Crippen molar-refractivity contribution in [1.29, 1.82) is 0 Å². The van der Waals surface area contributed by atoms with Crippen LogP contribution in [0.2, 0.25) is 0 Å². The maximum atomic E-state index is 8.56. The van der Waals surface area contributed by atoms with E-state index in [1.54, 1.807) is 0 Å². The molecule has 0 bridgehead atoms. The van der Waals surface area contributed by atoms with Crippen molar-refractivity contribution in [3.8, 4) is 0 Å². The molecule has 1 aliphatic carbocycles. The quantitative estimate of drug-likeness (QED) is 0.310. The van der Waals surface area contributed by atoms with Gasteiger partial charge in [-0.15, -0.1) is 0 Å². The second-order valence-electron chi connectivity index (χ2n) is 5.64. The average Bonchev–Trinajstić information content (AvgIpc) is 2.28. The van der Waals surface area contributed by atoms with Gasteiger partial charge in [0.15, 0.2) is 0 Å². The Bertz CT molecular complexity index is 244. The highest BCUT2D eigenvalue weighted by Gasteiger charge is 2.48. The van der Waals surface area contributed by atoms with Crippen molar-refractivity contribution < 1.29 is 5.21 Å². The van der Waals surface area contributed by atoms with Crippen LogP contribution in [-0.2, 0) is 0 Å². The summed E-state index contributed by atoms with van der Waals surface area (Å²) in [7, 11) is 0. The van der Waals surface area contributed by atoms with Crippen LogP contribution in [0.3, 0.4) is 0 Å². The zero-order valence-corrected chi connectivity index (χ0v) is 9.67. The first-order valence-electron chi connectivity index (χ1n) is 5.27. The highest BCUT2D eigenvalue weighted by molar-refractivity contribution is 5.79. The van der Waals surface area contributed by atoms with Gasteiger partial charge >= 0.3 is 0 Å². The molecule has 0 spiro atoms. The molecule has 1 aliphatic rings. The van der Waals surface area contributed by atoms with E-state index in [0.717, 1.165) is 0 Å². The summed E-state index contributed by atoms with van der Waals surface area (Å²) in [4.78, 5) is 0. The molecule has 0 unspecified atom stereocenters. The summed E-state index contributed by atoms with van der Waals surface area (Å²) in [6, 6.07) is 0. The lowest BCUT2D eigenvalue weighted by atomic mass is 9.66. The van der Waals surface area contributed by atoms with Gasteiger partial charge in [-0.3, -0.25) is 0 Å².